The maximum absolute atomic E-state index is 13.7. The Morgan fingerprint density at radius 2 is 1.62 bits per heavy atom. The Labute approximate surface area is 172 Å². The van der Waals surface area contributed by atoms with Crippen molar-refractivity contribution in [3.05, 3.63) is 35.9 Å². The zero-order chi connectivity index (χ0) is 21.1. The summed E-state index contributed by atoms with van der Waals surface area (Å²) in [4.78, 5) is 39.3. The average Bonchev–Trinajstić information content (AvgIpc) is 3.23. The third-order valence-electron chi connectivity index (χ3n) is 6.49. The molecule has 0 bridgehead atoms. The summed E-state index contributed by atoms with van der Waals surface area (Å²) in [6.07, 6.45) is 0.737. The summed E-state index contributed by atoms with van der Waals surface area (Å²) in [5.41, 5.74) is 0.212. The van der Waals surface area contributed by atoms with Gasteiger partial charge in [-0.3, -0.25) is 19.4 Å². The number of carbonyl (C=O) groups excluding carboxylic acids is 3. The van der Waals surface area contributed by atoms with Gasteiger partial charge in [-0.15, -0.1) is 0 Å². The Morgan fingerprint density at radius 3 is 2.24 bits per heavy atom. The van der Waals surface area contributed by atoms with Crippen LogP contribution in [-0.2, 0) is 14.4 Å². The van der Waals surface area contributed by atoms with Gasteiger partial charge in [0.05, 0.1) is 18.5 Å². The largest absolute Gasteiger partial charge is 0.273 e. The van der Waals surface area contributed by atoms with Crippen molar-refractivity contribution in [3.8, 4) is 0 Å². The quantitative estimate of drug-likeness (QED) is 0.732. The summed E-state index contributed by atoms with van der Waals surface area (Å²) in [7, 11) is 0. The van der Waals surface area contributed by atoms with Gasteiger partial charge in [0.15, 0.2) is 0 Å². The zero-order valence-corrected chi connectivity index (χ0v) is 17.9. The number of hydrazine groups is 2. The number of imide groups is 1. The van der Waals surface area contributed by atoms with Crippen molar-refractivity contribution < 1.29 is 14.4 Å². The van der Waals surface area contributed by atoms with E-state index in [9.17, 15) is 14.4 Å². The maximum Gasteiger partial charge on any atom is 0.250 e. The van der Waals surface area contributed by atoms with E-state index in [-0.39, 0.29) is 29.3 Å². The maximum atomic E-state index is 13.7. The van der Waals surface area contributed by atoms with Gasteiger partial charge in [-0.1, -0.05) is 37.3 Å². The van der Waals surface area contributed by atoms with Gasteiger partial charge in [-0.05, 0) is 33.3 Å². The van der Waals surface area contributed by atoms with Crippen molar-refractivity contribution in [1.29, 1.82) is 0 Å². The molecule has 3 aliphatic heterocycles. The first-order valence-corrected chi connectivity index (χ1v) is 10.4. The van der Waals surface area contributed by atoms with Crippen molar-refractivity contribution in [1.82, 2.24) is 20.0 Å². The molecule has 0 saturated carbocycles. The molecule has 4 rings (SSSR count). The van der Waals surface area contributed by atoms with Crippen LogP contribution in [0.25, 0.3) is 0 Å². The number of amides is 3. The van der Waals surface area contributed by atoms with E-state index in [2.05, 4.69) is 5.01 Å². The number of hydrogen-bond donors (Lipinski definition) is 0. The van der Waals surface area contributed by atoms with Crippen LogP contribution >= 0.6 is 0 Å². The fourth-order valence-corrected chi connectivity index (χ4v) is 5.31. The van der Waals surface area contributed by atoms with Crippen molar-refractivity contribution in [2.24, 2.45) is 5.92 Å². The lowest BCUT2D eigenvalue weighted by atomic mass is 9.89. The van der Waals surface area contributed by atoms with Crippen LogP contribution in [0.4, 0.5) is 0 Å². The lowest BCUT2D eigenvalue weighted by molar-refractivity contribution is -0.163. The van der Waals surface area contributed by atoms with E-state index in [1.165, 1.54) is 5.01 Å². The lowest BCUT2D eigenvalue weighted by Gasteiger charge is -2.38. The molecule has 3 saturated heterocycles. The van der Waals surface area contributed by atoms with Gasteiger partial charge in [0, 0.05) is 30.5 Å². The number of rotatable bonds is 3. The smallest absolute Gasteiger partial charge is 0.250 e. The highest BCUT2D eigenvalue weighted by Crippen LogP contribution is 2.48. The molecule has 7 nitrogen and oxygen atoms in total. The second kappa shape index (κ2) is 6.64. The van der Waals surface area contributed by atoms with Crippen LogP contribution in [0.3, 0.4) is 0 Å². The number of fused-ring (bicyclic) bond motifs is 1. The fraction of sp³-hybridized carbons (Fsp3) is 0.591. The Bertz CT molecular complexity index is 851. The number of hydrogen-bond acceptors (Lipinski definition) is 5. The van der Waals surface area contributed by atoms with Crippen LogP contribution in [0.2, 0.25) is 0 Å². The Hall–Kier alpha value is -2.25. The normalized spacial score (nSPS) is 29.0. The van der Waals surface area contributed by atoms with Gasteiger partial charge >= 0.3 is 0 Å². The number of benzene rings is 1. The van der Waals surface area contributed by atoms with Gasteiger partial charge in [0.25, 0.3) is 5.91 Å². The molecule has 2 atom stereocenters. The molecule has 0 unspecified atom stereocenters. The highest BCUT2D eigenvalue weighted by molar-refractivity contribution is 5.98. The highest BCUT2D eigenvalue weighted by Gasteiger charge is 2.59. The summed E-state index contributed by atoms with van der Waals surface area (Å²) in [5.74, 6) is -0.838. The van der Waals surface area contributed by atoms with Crippen molar-refractivity contribution >= 4 is 17.7 Å². The van der Waals surface area contributed by atoms with E-state index in [0.29, 0.717) is 25.9 Å². The van der Waals surface area contributed by atoms with E-state index in [1.54, 1.807) is 5.01 Å². The Kier molecular flexibility index (Phi) is 4.59. The minimum absolute atomic E-state index is 0.0339. The molecule has 7 heteroatoms. The summed E-state index contributed by atoms with van der Waals surface area (Å²) in [5, 5.41) is 7.00. The standard InChI is InChI=1S/C22H30N4O3/c1-6-24-21(2,3)13-18(28)25(24)20(29)16-14-23-17(27)12-22(4,5)26(23)19(16)15-10-8-7-9-11-15/h7-11,16,19H,6,12-14H2,1-5H3/t16-,19-/m1/s1. The average molecular weight is 399 g/mol. The van der Waals surface area contributed by atoms with Crippen molar-refractivity contribution in [3.63, 3.8) is 0 Å². The molecule has 0 radical (unpaired) electrons. The van der Waals surface area contributed by atoms with E-state index in [4.69, 9.17) is 0 Å². The SMILES string of the molecule is CCN1N(C(=O)[C@@H]2CN3C(=O)CC(C)(C)N3[C@@H]2c2ccccc2)C(=O)CC1(C)C. The van der Waals surface area contributed by atoms with E-state index in [1.807, 2.05) is 70.0 Å². The van der Waals surface area contributed by atoms with Crippen LogP contribution in [0.5, 0.6) is 0 Å². The molecule has 0 N–H and O–H groups in total. The molecule has 29 heavy (non-hydrogen) atoms. The first-order chi connectivity index (χ1) is 13.6. The second-order valence-electron chi connectivity index (χ2n) is 9.52. The van der Waals surface area contributed by atoms with Crippen LogP contribution in [0.15, 0.2) is 30.3 Å². The summed E-state index contributed by atoms with van der Waals surface area (Å²) >= 11 is 0. The third kappa shape index (κ3) is 2.99. The molecule has 0 aromatic heterocycles. The van der Waals surface area contributed by atoms with Gasteiger partial charge in [-0.25, -0.2) is 15.0 Å². The molecule has 3 heterocycles. The lowest BCUT2D eigenvalue weighted by Crippen LogP contribution is -2.52. The third-order valence-corrected chi connectivity index (χ3v) is 6.49. The van der Waals surface area contributed by atoms with Crippen LogP contribution in [0.1, 0.15) is 59.1 Å². The summed E-state index contributed by atoms with van der Waals surface area (Å²) < 4.78 is 0. The number of nitrogens with zero attached hydrogens (tertiary/aromatic N) is 4. The highest BCUT2D eigenvalue weighted by atomic mass is 16.2. The summed E-state index contributed by atoms with van der Waals surface area (Å²) in [6, 6.07) is 9.57. The number of carbonyl (C=O) groups is 3. The molecule has 1 aromatic carbocycles. The molecule has 1 aromatic rings. The fourth-order valence-electron chi connectivity index (χ4n) is 5.31. The molecular weight excluding hydrogens is 368 g/mol. The van der Waals surface area contributed by atoms with E-state index >= 15 is 0 Å². The van der Waals surface area contributed by atoms with E-state index < -0.39 is 11.5 Å². The first kappa shape index (κ1) is 20.0. The molecule has 0 aliphatic carbocycles. The van der Waals surface area contributed by atoms with Crippen LogP contribution < -0.4 is 0 Å². The minimum atomic E-state index is -0.493. The van der Waals surface area contributed by atoms with Crippen LogP contribution in [-0.4, -0.2) is 61.9 Å². The minimum Gasteiger partial charge on any atom is -0.273 e. The van der Waals surface area contributed by atoms with Crippen molar-refractivity contribution in [2.45, 2.75) is 64.6 Å². The predicted octanol–water partition coefficient (Wildman–Crippen LogP) is 2.36. The van der Waals surface area contributed by atoms with Crippen LogP contribution in [0, 0.1) is 5.92 Å². The van der Waals surface area contributed by atoms with Gasteiger partial charge < -0.3 is 0 Å². The molecule has 3 fully saturated rings. The Morgan fingerprint density at radius 1 is 1.00 bits per heavy atom. The molecule has 3 amide bonds. The second-order valence-corrected chi connectivity index (χ2v) is 9.52. The first-order valence-electron chi connectivity index (χ1n) is 10.4. The van der Waals surface area contributed by atoms with Crippen molar-refractivity contribution in [2.75, 3.05) is 13.1 Å². The van der Waals surface area contributed by atoms with Gasteiger partial charge in [0.1, 0.15) is 0 Å². The zero-order valence-electron chi connectivity index (χ0n) is 17.9. The topological polar surface area (TPSA) is 64.2 Å². The summed E-state index contributed by atoms with van der Waals surface area (Å²) in [6.45, 7) is 10.9. The molecule has 3 aliphatic rings. The van der Waals surface area contributed by atoms with E-state index in [0.717, 1.165) is 5.56 Å². The Balaban J connectivity index is 1.75. The molecular formula is C22H30N4O3. The molecule has 0 spiro atoms. The monoisotopic (exact) mass is 398 g/mol. The van der Waals surface area contributed by atoms with Gasteiger partial charge in [0.2, 0.25) is 11.8 Å². The van der Waals surface area contributed by atoms with Gasteiger partial charge in [-0.2, -0.15) is 0 Å². The molecule has 156 valence electrons. The predicted molar refractivity (Wildman–Crippen MR) is 108 cm³/mol.